The summed E-state index contributed by atoms with van der Waals surface area (Å²) in [5.74, 6) is -5.15. The van der Waals surface area contributed by atoms with Crippen LogP contribution in [0.1, 0.15) is 22.2 Å². The minimum atomic E-state index is -5.42. The molecule has 11 nitrogen and oxygen atoms in total. The van der Waals surface area contributed by atoms with Gasteiger partial charge in [-0.1, -0.05) is 29.2 Å². The molecule has 3 heterocycles. The highest BCUT2D eigenvalue weighted by Gasteiger charge is 2.55. The smallest absolute Gasteiger partial charge is 0.491 e. The van der Waals surface area contributed by atoms with Crippen molar-refractivity contribution in [3.63, 3.8) is 0 Å². The van der Waals surface area contributed by atoms with E-state index in [-0.39, 0.29) is 22.8 Å². The Balaban J connectivity index is 1.52. The van der Waals surface area contributed by atoms with Crippen molar-refractivity contribution in [1.29, 1.82) is 0 Å². The van der Waals surface area contributed by atoms with E-state index >= 15 is 0 Å². The zero-order valence-electron chi connectivity index (χ0n) is 21.3. The molecule has 4 rings (SSSR count). The third kappa shape index (κ3) is 6.82. The molecule has 0 bridgehead atoms. The number of thioether (sulfide) groups is 3. The molecule has 0 spiro atoms. The summed E-state index contributed by atoms with van der Waals surface area (Å²) in [6, 6.07) is 2.14. The van der Waals surface area contributed by atoms with E-state index in [1.165, 1.54) is 47.0 Å². The number of amides is 2. The van der Waals surface area contributed by atoms with Crippen molar-refractivity contribution in [2.45, 2.75) is 40.7 Å². The zero-order chi connectivity index (χ0) is 30.1. The molecule has 3 atom stereocenters. The lowest BCUT2D eigenvalue weighted by molar-refractivity contribution is -0.201. The number of β-lactam (4-membered cyclic amide) rings is 1. The number of benzene rings is 1. The lowest BCUT2D eigenvalue weighted by Gasteiger charge is -2.49. The number of phenols is 1. The van der Waals surface area contributed by atoms with E-state index in [1.54, 1.807) is 13.0 Å². The van der Waals surface area contributed by atoms with Crippen LogP contribution in [0.5, 0.6) is 5.75 Å². The van der Waals surface area contributed by atoms with Crippen molar-refractivity contribution in [2.75, 3.05) is 17.8 Å². The second-order valence-corrected chi connectivity index (χ2v) is 13.1. The van der Waals surface area contributed by atoms with Gasteiger partial charge in [0, 0.05) is 22.8 Å². The summed E-state index contributed by atoms with van der Waals surface area (Å²) in [5.41, 5.74) is 6.85. The highest BCUT2D eigenvalue weighted by molar-refractivity contribution is 8.01. The Morgan fingerprint density at radius 3 is 2.66 bits per heavy atom. The molecule has 1 saturated heterocycles. The number of esters is 2. The maximum Gasteiger partial charge on any atom is 0.491 e. The third-order valence-electron chi connectivity index (χ3n) is 5.88. The van der Waals surface area contributed by atoms with Gasteiger partial charge in [-0.15, -0.1) is 22.0 Å². The quantitative estimate of drug-likeness (QED) is 0.158. The van der Waals surface area contributed by atoms with Crippen molar-refractivity contribution in [1.82, 2.24) is 20.4 Å². The molecular formula is C23H22F3N5O6S4. The number of rotatable bonds is 9. The predicted molar refractivity (Wildman–Crippen MR) is 147 cm³/mol. The summed E-state index contributed by atoms with van der Waals surface area (Å²) >= 11 is 5.05. The van der Waals surface area contributed by atoms with Crippen molar-refractivity contribution < 1.29 is 42.2 Å². The van der Waals surface area contributed by atoms with Gasteiger partial charge < -0.3 is 20.9 Å². The minimum absolute atomic E-state index is 0.0459. The van der Waals surface area contributed by atoms with Gasteiger partial charge in [-0.2, -0.15) is 24.9 Å². The highest BCUT2D eigenvalue weighted by atomic mass is 32.2. The SMILES string of the molecule is CSCc1cc(C(N)C(=O)NC2C(=O)N3C(C(=O)OC(=O)C(F)(F)F)=C(CSc4nnc(C)s4)CSC23)ccc1O. The third-order valence-corrected chi connectivity index (χ3v) is 9.88. The first-order chi connectivity index (χ1) is 19.3. The number of hydrogen-bond acceptors (Lipinski definition) is 13. The van der Waals surface area contributed by atoms with E-state index in [0.29, 0.717) is 26.2 Å². The fourth-order valence-electron chi connectivity index (χ4n) is 3.92. The molecule has 1 fully saturated rings. The van der Waals surface area contributed by atoms with Crippen LogP contribution in [0.4, 0.5) is 13.2 Å². The predicted octanol–water partition coefficient (Wildman–Crippen LogP) is 2.49. The zero-order valence-corrected chi connectivity index (χ0v) is 24.5. The maximum absolute atomic E-state index is 13.1. The second-order valence-electron chi connectivity index (χ2n) is 8.70. The number of halogens is 3. The van der Waals surface area contributed by atoms with Crippen LogP contribution >= 0.6 is 46.6 Å². The number of aromatic nitrogens is 2. The van der Waals surface area contributed by atoms with Crippen LogP contribution in [0.25, 0.3) is 0 Å². The largest absolute Gasteiger partial charge is 0.508 e. The molecule has 18 heteroatoms. The molecule has 3 unspecified atom stereocenters. The van der Waals surface area contributed by atoms with Crippen molar-refractivity contribution in [3.8, 4) is 5.75 Å². The molecule has 220 valence electrons. The van der Waals surface area contributed by atoms with Gasteiger partial charge in [0.05, 0.1) is 0 Å². The van der Waals surface area contributed by atoms with Crippen LogP contribution in [0.2, 0.25) is 0 Å². The molecule has 0 radical (unpaired) electrons. The second kappa shape index (κ2) is 12.6. The lowest BCUT2D eigenvalue weighted by atomic mass is 10.0. The van der Waals surface area contributed by atoms with E-state index in [1.807, 2.05) is 6.26 Å². The van der Waals surface area contributed by atoms with Crippen molar-refractivity contribution >= 4 is 70.4 Å². The van der Waals surface area contributed by atoms with Crippen molar-refractivity contribution in [3.05, 3.63) is 45.6 Å². The van der Waals surface area contributed by atoms with Gasteiger partial charge in [0.2, 0.25) is 5.91 Å². The highest BCUT2D eigenvalue weighted by Crippen LogP contribution is 2.42. The van der Waals surface area contributed by atoms with Crippen LogP contribution in [0.3, 0.4) is 0 Å². The van der Waals surface area contributed by atoms with Gasteiger partial charge in [-0.3, -0.25) is 14.5 Å². The summed E-state index contributed by atoms with van der Waals surface area (Å²) in [6.45, 7) is 1.73. The van der Waals surface area contributed by atoms with E-state index in [9.17, 15) is 37.5 Å². The van der Waals surface area contributed by atoms with Crippen LogP contribution in [-0.4, -0.2) is 79.3 Å². The standard InChI is InChI=1S/C23H22F3N5O6S4/c1-9-29-30-22(41-9)40-8-12-7-39-19-15(18(34)31(19)16(12)20(35)37-21(36)23(24,25)26)28-17(33)14(27)10-3-4-13(32)11(5-10)6-38-2/h3-5,14-15,19,32H,6-8,27H2,1-2H3,(H,28,33). The average Bonchev–Trinajstić information content (AvgIpc) is 3.34. The van der Waals surface area contributed by atoms with E-state index in [4.69, 9.17) is 5.73 Å². The number of carbonyl (C=O) groups excluding carboxylic acids is 4. The van der Waals surface area contributed by atoms with Gasteiger partial charge in [0.1, 0.15) is 33.9 Å². The fraction of sp³-hybridized carbons (Fsp3) is 0.391. The van der Waals surface area contributed by atoms with E-state index in [0.717, 1.165) is 16.7 Å². The number of alkyl halides is 3. The number of phenolic OH excluding ortho intramolecular Hbond substituents is 1. The lowest BCUT2D eigenvalue weighted by Crippen LogP contribution is -2.71. The van der Waals surface area contributed by atoms with Crippen LogP contribution < -0.4 is 11.1 Å². The number of carbonyl (C=O) groups is 4. The van der Waals surface area contributed by atoms with Gasteiger partial charge in [0.25, 0.3) is 5.91 Å². The molecule has 4 N–H and O–H groups in total. The van der Waals surface area contributed by atoms with E-state index < -0.39 is 53.1 Å². The van der Waals surface area contributed by atoms with Gasteiger partial charge in [-0.05, 0) is 36.4 Å². The Morgan fingerprint density at radius 2 is 2.02 bits per heavy atom. The van der Waals surface area contributed by atoms with Crippen LogP contribution in [-0.2, 0) is 29.7 Å². The molecule has 2 aliphatic rings. The molecule has 0 saturated carbocycles. The normalized spacial score (nSPS) is 19.4. The summed E-state index contributed by atoms with van der Waals surface area (Å²) in [5, 5.41) is 20.2. The molecule has 41 heavy (non-hydrogen) atoms. The number of hydrogen-bond donors (Lipinski definition) is 3. The Kier molecular flexibility index (Phi) is 9.57. The van der Waals surface area contributed by atoms with Gasteiger partial charge in [-0.25, -0.2) is 9.59 Å². The first-order valence-electron chi connectivity index (χ1n) is 11.6. The molecule has 0 aliphatic carbocycles. The summed E-state index contributed by atoms with van der Waals surface area (Å²) in [4.78, 5) is 51.2. The summed E-state index contributed by atoms with van der Waals surface area (Å²) < 4.78 is 43.0. The Labute approximate surface area is 247 Å². The number of ether oxygens (including phenoxy) is 1. The maximum atomic E-state index is 13.1. The van der Waals surface area contributed by atoms with Crippen molar-refractivity contribution in [2.24, 2.45) is 5.73 Å². The molecule has 2 aliphatic heterocycles. The molecular weight excluding hydrogens is 628 g/mol. The van der Waals surface area contributed by atoms with Crippen LogP contribution in [0, 0.1) is 6.92 Å². The number of fused-ring (bicyclic) bond motifs is 1. The molecule has 1 aromatic heterocycles. The molecule has 2 amide bonds. The van der Waals surface area contributed by atoms with Gasteiger partial charge >= 0.3 is 18.1 Å². The monoisotopic (exact) mass is 649 g/mol. The number of nitrogens with zero attached hydrogens (tertiary/aromatic N) is 3. The first-order valence-corrected chi connectivity index (χ1v) is 15.9. The average molecular weight is 650 g/mol. The van der Waals surface area contributed by atoms with Gasteiger partial charge in [0.15, 0.2) is 4.34 Å². The summed E-state index contributed by atoms with van der Waals surface area (Å²) in [7, 11) is 0. The van der Waals surface area contributed by atoms with E-state index in [2.05, 4.69) is 20.3 Å². The number of nitrogens with one attached hydrogen (secondary N) is 1. The number of aromatic hydroxyl groups is 1. The minimum Gasteiger partial charge on any atom is -0.508 e. The molecule has 1 aromatic carbocycles. The number of nitrogens with two attached hydrogens (primary N) is 1. The Hall–Kier alpha value is -2.80. The fourth-order valence-corrected chi connectivity index (χ4v) is 7.77. The molecule has 2 aromatic rings. The first kappa shape index (κ1) is 31.1. The Morgan fingerprint density at radius 1 is 1.29 bits per heavy atom. The summed E-state index contributed by atoms with van der Waals surface area (Å²) in [6.07, 6.45) is -3.58. The van der Waals surface area contributed by atoms with Crippen LogP contribution in [0.15, 0.2) is 33.8 Å². The topological polar surface area (TPSA) is 165 Å². The Bertz CT molecular complexity index is 1420. The number of aryl methyl sites for hydroxylation is 1.